The van der Waals surface area contributed by atoms with E-state index in [1.54, 1.807) is 25.3 Å². The Morgan fingerprint density at radius 2 is 2.13 bits per heavy atom. The first-order chi connectivity index (χ1) is 14.4. The van der Waals surface area contributed by atoms with Gasteiger partial charge in [0.15, 0.2) is 5.76 Å². The molecule has 0 aliphatic carbocycles. The van der Waals surface area contributed by atoms with E-state index < -0.39 is 10.8 Å². The van der Waals surface area contributed by atoms with Gasteiger partial charge < -0.3 is 13.9 Å². The summed E-state index contributed by atoms with van der Waals surface area (Å²) >= 11 is 0. The number of nitro groups is 1. The number of nitrogens with zero attached hydrogens (tertiary/aromatic N) is 4. The summed E-state index contributed by atoms with van der Waals surface area (Å²) in [7, 11) is 3.11. The van der Waals surface area contributed by atoms with Gasteiger partial charge in [-0.2, -0.15) is 10.2 Å². The Balaban J connectivity index is 1.64. The lowest BCUT2D eigenvalue weighted by molar-refractivity contribution is -0.385. The van der Waals surface area contributed by atoms with Crippen molar-refractivity contribution in [3.8, 4) is 11.5 Å². The van der Waals surface area contributed by atoms with Crippen molar-refractivity contribution < 1.29 is 23.6 Å². The zero-order chi connectivity index (χ0) is 21.7. The number of hydrazone groups is 1. The van der Waals surface area contributed by atoms with Crippen LogP contribution < -0.4 is 14.9 Å². The van der Waals surface area contributed by atoms with Crippen molar-refractivity contribution in [3.05, 3.63) is 69.4 Å². The van der Waals surface area contributed by atoms with Crippen LogP contribution in [-0.4, -0.2) is 41.0 Å². The second-order valence-electron chi connectivity index (χ2n) is 6.13. The average Bonchev–Trinajstić information content (AvgIpc) is 3.38. The van der Waals surface area contributed by atoms with Crippen LogP contribution in [0.25, 0.3) is 0 Å². The van der Waals surface area contributed by atoms with Gasteiger partial charge >= 0.3 is 11.6 Å². The maximum atomic E-state index is 12.2. The molecule has 0 bridgehead atoms. The molecule has 1 aromatic carbocycles. The van der Waals surface area contributed by atoms with E-state index in [0.29, 0.717) is 22.8 Å². The largest absolute Gasteiger partial charge is 0.496 e. The molecule has 2 aromatic heterocycles. The highest BCUT2D eigenvalue weighted by atomic mass is 16.6. The van der Waals surface area contributed by atoms with Crippen LogP contribution in [0.5, 0.6) is 11.5 Å². The maximum Gasteiger partial charge on any atom is 0.307 e. The van der Waals surface area contributed by atoms with Crippen LogP contribution in [0.4, 0.5) is 5.69 Å². The molecule has 0 aliphatic heterocycles. The van der Waals surface area contributed by atoms with Gasteiger partial charge in [0, 0.05) is 11.1 Å². The quantitative estimate of drug-likeness (QED) is 0.341. The van der Waals surface area contributed by atoms with E-state index in [1.165, 1.54) is 30.3 Å². The summed E-state index contributed by atoms with van der Waals surface area (Å²) in [5.74, 6) is 1.17. The van der Waals surface area contributed by atoms with Crippen molar-refractivity contribution >= 4 is 17.8 Å². The molecule has 11 nitrogen and oxygen atoms in total. The first kappa shape index (κ1) is 20.6. The standard InChI is InChI=1S/C19H19N5O6/c1-12-16(28-2)6-4-13(18(12)29-3)8-20-22-19(25)17-7-5-15(30-17)11-23-10-14(9-21-23)24(26)27/h4-10H,11H2,1-3H3,(H,22,25). The van der Waals surface area contributed by atoms with Gasteiger partial charge in [-0.15, -0.1) is 0 Å². The SMILES string of the molecule is COc1ccc(C=NNC(=O)c2ccc(Cn3cc([N+](=O)[O-])cn3)o2)c(OC)c1C. The van der Waals surface area contributed by atoms with Gasteiger partial charge in [0.2, 0.25) is 0 Å². The number of rotatable bonds is 8. The second kappa shape index (κ2) is 8.90. The van der Waals surface area contributed by atoms with Crippen LogP contribution in [0.15, 0.2) is 46.2 Å². The summed E-state index contributed by atoms with van der Waals surface area (Å²) in [6.45, 7) is 2.00. The predicted molar refractivity (Wildman–Crippen MR) is 106 cm³/mol. The van der Waals surface area contributed by atoms with Crippen LogP contribution in [-0.2, 0) is 6.54 Å². The number of ether oxygens (including phenoxy) is 2. The zero-order valence-electron chi connectivity index (χ0n) is 16.5. The lowest BCUT2D eigenvalue weighted by Gasteiger charge is -2.11. The molecule has 1 amide bonds. The van der Waals surface area contributed by atoms with Crippen LogP contribution in [0.3, 0.4) is 0 Å². The molecule has 0 atom stereocenters. The van der Waals surface area contributed by atoms with Crippen molar-refractivity contribution in [2.45, 2.75) is 13.5 Å². The number of hydrogen-bond acceptors (Lipinski definition) is 8. The Morgan fingerprint density at radius 1 is 1.33 bits per heavy atom. The smallest absolute Gasteiger partial charge is 0.307 e. The molecular weight excluding hydrogens is 394 g/mol. The normalized spacial score (nSPS) is 10.9. The number of nitrogens with one attached hydrogen (secondary N) is 1. The predicted octanol–water partition coefficient (Wildman–Crippen LogP) is 2.52. The van der Waals surface area contributed by atoms with Gasteiger partial charge in [-0.25, -0.2) is 5.43 Å². The summed E-state index contributed by atoms with van der Waals surface area (Å²) in [5, 5.41) is 18.5. The molecular formula is C19H19N5O6. The van der Waals surface area contributed by atoms with E-state index in [0.717, 1.165) is 11.8 Å². The molecule has 0 spiro atoms. The van der Waals surface area contributed by atoms with Gasteiger partial charge in [0.1, 0.15) is 29.7 Å². The van der Waals surface area contributed by atoms with Crippen molar-refractivity contribution in [1.29, 1.82) is 0 Å². The molecule has 2 heterocycles. The summed E-state index contributed by atoms with van der Waals surface area (Å²) in [6.07, 6.45) is 3.87. The number of methoxy groups -OCH3 is 2. The topological polar surface area (TPSA) is 134 Å². The van der Waals surface area contributed by atoms with E-state index in [9.17, 15) is 14.9 Å². The number of benzene rings is 1. The van der Waals surface area contributed by atoms with Crippen LogP contribution >= 0.6 is 0 Å². The summed E-state index contributed by atoms with van der Waals surface area (Å²) < 4.78 is 17.4. The number of hydrogen-bond donors (Lipinski definition) is 1. The van der Waals surface area contributed by atoms with Crippen LogP contribution in [0.1, 0.15) is 27.4 Å². The minimum atomic E-state index is -0.548. The summed E-state index contributed by atoms with van der Waals surface area (Å²) in [4.78, 5) is 22.4. The molecule has 156 valence electrons. The van der Waals surface area contributed by atoms with Gasteiger partial charge in [-0.3, -0.25) is 19.6 Å². The third kappa shape index (κ3) is 4.46. The molecule has 3 rings (SSSR count). The number of furan rings is 1. The van der Waals surface area contributed by atoms with E-state index in [1.807, 2.05) is 6.92 Å². The van der Waals surface area contributed by atoms with Crippen molar-refractivity contribution in [2.24, 2.45) is 5.10 Å². The van der Waals surface area contributed by atoms with E-state index in [2.05, 4.69) is 15.6 Å². The van der Waals surface area contributed by atoms with Gasteiger partial charge in [0.05, 0.1) is 31.9 Å². The van der Waals surface area contributed by atoms with Crippen molar-refractivity contribution in [2.75, 3.05) is 14.2 Å². The maximum absolute atomic E-state index is 12.2. The third-order valence-electron chi connectivity index (χ3n) is 4.21. The fourth-order valence-corrected chi connectivity index (χ4v) is 2.78. The summed E-state index contributed by atoms with van der Waals surface area (Å²) in [5.41, 5.74) is 3.73. The van der Waals surface area contributed by atoms with Gasteiger partial charge in [0.25, 0.3) is 0 Å². The van der Waals surface area contributed by atoms with Crippen LogP contribution in [0, 0.1) is 17.0 Å². The molecule has 0 fully saturated rings. The Kier molecular flexibility index (Phi) is 6.11. The number of amides is 1. The van der Waals surface area contributed by atoms with Gasteiger partial charge in [-0.05, 0) is 31.2 Å². The molecule has 0 aliphatic rings. The minimum absolute atomic E-state index is 0.0432. The van der Waals surface area contributed by atoms with E-state index in [4.69, 9.17) is 13.9 Å². The fourth-order valence-electron chi connectivity index (χ4n) is 2.78. The zero-order valence-corrected chi connectivity index (χ0v) is 16.5. The highest BCUT2D eigenvalue weighted by Crippen LogP contribution is 2.30. The molecule has 1 N–H and O–H groups in total. The molecule has 0 saturated heterocycles. The number of aromatic nitrogens is 2. The molecule has 0 saturated carbocycles. The Labute approximate surface area is 171 Å². The highest BCUT2D eigenvalue weighted by Gasteiger charge is 2.14. The molecule has 0 unspecified atom stereocenters. The second-order valence-corrected chi connectivity index (χ2v) is 6.13. The first-order valence-corrected chi connectivity index (χ1v) is 8.73. The number of carbonyl (C=O) groups excluding carboxylic acids is 1. The lowest BCUT2D eigenvalue weighted by Crippen LogP contribution is -2.17. The molecule has 3 aromatic rings. The van der Waals surface area contributed by atoms with Crippen molar-refractivity contribution in [3.63, 3.8) is 0 Å². The van der Waals surface area contributed by atoms with Gasteiger partial charge in [-0.1, -0.05) is 0 Å². The van der Waals surface area contributed by atoms with Crippen LogP contribution in [0.2, 0.25) is 0 Å². The number of carbonyl (C=O) groups is 1. The summed E-state index contributed by atoms with van der Waals surface area (Å²) in [6, 6.07) is 6.60. The Hall–Kier alpha value is -4.15. The third-order valence-corrected chi connectivity index (χ3v) is 4.21. The first-order valence-electron chi connectivity index (χ1n) is 8.73. The van der Waals surface area contributed by atoms with Crippen molar-refractivity contribution in [1.82, 2.24) is 15.2 Å². The molecule has 0 radical (unpaired) electrons. The molecule has 30 heavy (non-hydrogen) atoms. The molecule has 11 heteroatoms. The average molecular weight is 413 g/mol. The van der Waals surface area contributed by atoms with E-state index >= 15 is 0 Å². The fraction of sp³-hybridized carbons (Fsp3) is 0.211. The van der Waals surface area contributed by atoms with E-state index in [-0.39, 0.29) is 18.0 Å². The monoisotopic (exact) mass is 413 g/mol. The Bertz CT molecular complexity index is 1100. The highest BCUT2D eigenvalue weighted by molar-refractivity contribution is 5.93. The Morgan fingerprint density at radius 3 is 2.80 bits per heavy atom. The lowest BCUT2D eigenvalue weighted by atomic mass is 10.1. The minimum Gasteiger partial charge on any atom is -0.496 e.